The van der Waals surface area contributed by atoms with Gasteiger partial charge in [-0.2, -0.15) is 5.01 Å². The molecule has 1 atom stereocenters. The minimum atomic E-state index is -1.41. The molecule has 8 nitrogen and oxygen atoms in total. The molecule has 0 saturated heterocycles. The standard InChI is InChI=1S/C23H24N4O4S/c1-5-31-19-12-7-6-10-17(19)13-26-20-14(2)9-8-11-18(20)23(21(26)30)27(16(4)29)25-22(32-23)24-15(3)28/h6-12H,5,13H2,1-4H3,(H,24,25,28)/t23-/m1/s1. The Morgan fingerprint density at radius 1 is 1.16 bits per heavy atom. The number of aryl methyl sites for hydroxylation is 1. The molecule has 32 heavy (non-hydrogen) atoms. The highest BCUT2D eigenvalue weighted by Crippen LogP contribution is 2.55. The number of amidine groups is 1. The lowest BCUT2D eigenvalue weighted by Crippen LogP contribution is -2.48. The van der Waals surface area contributed by atoms with Crippen LogP contribution in [-0.4, -0.2) is 34.5 Å². The maximum absolute atomic E-state index is 14.0. The van der Waals surface area contributed by atoms with E-state index in [1.54, 1.807) is 4.90 Å². The Hall–Kier alpha value is -3.33. The zero-order valence-electron chi connectivity index (χ0n) is 18.3. The molecule has 1 spiro atoms. The van der Waals surface area contributed by atoms with Gasteiger partial charge in [-0.25, -0.2) is 0 Å². The Morgan fingerprint density at radius 2 is 1.91 bits per heavy atom. The van der Waals surface area contributed by atoms with E-state index < -0.39 is 10.8 Å². The van der Waals surface area contributed by atoms with Gasteiger partial charge in [0, 0.05) is 25.0 Å². The molecule has 1 N–H and O–H groups in total. The number of anilines is 1. The number of hydrazone groups is 1. The number of rotatable bonds is 4. The number of carbonyl (C=O) groups excluding carboxylic acids is 3. The zero-order chi connectivity index (χ0) is 23.0. The number of nitrogens with one attached hydrogen (secondary N) is 1. The number of thioether (sulfide) groups is 1. The van der Waals surface area contributed by atoms with E-state index >= 15 is 0 Å². The van der Waals surface area contributed by atoms with Crippen LogP contribution in [0.25, 0.3) is 0 Å². The molecule has 4 rings (SSSR count). The summed E-state index contributed by atoms with van der Waals surface area (Å²) >= 11 is 1.07. The summed E-state index contributed by atoms with van der Waals surface area (Å²) in [4.78, 5) is 38.5. The molecule has 0 aliphatic carbocycles. The highest BCUT2D eigenvalue weighted by atomic mass is 32.2. The molecule has 0 bridgehead atoms. The first-order valence-corrected chi connectivity index (χ1v) is 11.1. The number of carbonyl (C=O) groups is 3. The predicted octanol–water partition coefficient (Wildman–Crippen LogP) is 3.10. The molecule has 0 aromatic heterocycles. The van der Waals surface area contributed by atoms with Crippen molar-refractivity contribution in [3.05, 3.63) is 59.2 Å². The lowest BCUT2D eigenvalue weighted by Gasteiger charge is -2.29. The number of ether oxygens (including phenoxy) is 1. The quantitative estimate of drug-likeness (QED) is 0.770. The van der Waals surface area contributed by atoms with Crippen LogP contribution in [0, 0.1) is 6.92 Å². The van der Waals surface area contributed by atoms with Gasteiger partial charge in [-0.15, -0.1) is 5.10 Å². The molecular formula is C23H24N4O4S. The fourth-order valence-corrected chi connectivity index (χ4v) is 5.43. The highest BCUT2D eigenvalue weighted by Gasteiger charge is 2.61. The van der Waals surface area contributed by atoms with Gasteiger partial charge >= 0.3 is 0 Å². The minimum Gasteiger partial charge on any atom is -0.494 e. The monoisotopic (exact) mass is 452 g/mol. The number of amides is 3. The van der Waals surface area contributed by atoms with Crippen LogP contribution >= 0.6 is 11.8 Å². The van der Waals surface area contributed by atoms with Gasteiger partial charge in [0.15, 0.2) is 5.17 Å². The van der Waals surface area contributed by atoms with Crippen molar-refractivity contribution in [2.24, 2.45) is 5.10 Å². The van der Waals surface area contributed by atoms with E-state index in [-0.39, 0.29) is 23.5 Å². The van der Waals surface area contributed by atoms with Crippen LogP contribution in [0.3, 0.4) is 0 Å². The second kappa shape index (κ2) is 8.31. The molecular weight excluding hydrogens is 428 g/mol. The molecule has 2 heterocycles. The molecule has 9 heteroatoms. The van der Waals surface area contributed by atoms with Crippen LogP contribution in [0.4, 0.5) is 5.69 Å². The van der Waals surface area contributed by atoms with Gasteiger partial charge in [-0.1, -0.05) is 36.4 Å². The van der Waals surface area contributed by atoms with Gasteiger partial charge in [0.05, 0.1) is 18.8 Å². The normalized spacial score (nSPS) is 19.2. The molecule has 2 aliphatic rings. The zero-order valence-corrected chi connectivity index (χ0v) is 19.2. The Balaban J connectivity index is 1.83. The average Bonchev–Trinajstić information content (AvgIpc) is 3.22. The van der Waals surface area contributed by atoms with Gasteiger partial charge in [0.1, 0.15) is 5.75 Å². The second-order valence-corrected chi connectivity index (χ2v) is 8.75. The summed E-state index contributed by atoms with van der Waals surface area (Å²) in [6.07, 6.45) is 0. The van der Waals surface area contributed by atoms with Crippen molar-refractivity contribution in [1.29, 1.82) is 0 Å². The molecule has 2 aromatic carbocycles. The highest BCUT2D eigenvalue weighted by molar-refractivity contribution is 8.15. The average molecular weight is 453 g/mol. The Bertz CT molecular complexity index is 1150. The Morgan fingerprint density at radius 3 is 2.59 bits per heavy atom. The number of hydrogen-bond donors (Lipinski definition) is 1. The van der Waals surface area contributed by atoms with E-state index in [1.165, 1.54) is 18.9 Å². The van der Waals surface area contributed by atoms with Crippen LogP contribution in [0.15, 0.2) is 47.6 Å². The van der Waals surface area contributed by atoms with E-state index in [4.69, 9.17) is 4.74 Å². The molecule has 0 unspecified atom stereocenters. The van der Waals surface area contributed by atoms with E-state index in [0.717, 1.165) is 28.6 Å². The molecule has 166 valence electrons. The second-order valence-electron chi connectivity index (χ2n) is 7.57. The minimum absolute atomic E-state index is 0.213. The maximum Gasteiger partial charge on any atom is 0.271 e. The molecule has 0 radical (unpaired) electrons. The van der Waals surface area contributed by atoms with Gasteiger partial charge < -0.3 is 15.0 Å². The van der Waals surface area contributed by atoms with Crippen LogP contribution in [0.5, 0.6) is 5.75 Å². The van der Waals surface area contributed by atoms with Crippen molar-refractivity contribution in [3.8, 4) is 5.75 Å². The molecule has 2 aliphatic heterocycles. The molecule has 0 fully saturated rings. The van der Waals surface area contributed by atoms with Crippen molar-refractivity contribution in [3.63, 3.8) is 0 Å². The summed E-state index contributed by atoms with van der Waals surface area (Å²) in [6.45, 7) is 7.34. The van der Waals surface area contributed by atoms with E-state index in [0.29, 0.717) is 17.9 Å². The van der Waals surface area contributed by atoms with Crippen LogP contribution in [0.1, 0.15) is 37.5 Å². The van der Waals surface area contributed by atoms with Gasteiger partial charge in [-0.3, -0.25) is 14.4 Å². The Kier molecular flexibility index (Phi) is 5.68. The largest absolute Gasteiger partial charge is 0.494 e. The molecule has 3 amide bonds. The first-order chi connectivity index (χ1) is 15.3. The summed E-state index contributed by atoms with van der Waals surface area (Å²) in [5.74, 6) is -0.307. The number of hydrogen-bond acceptors (Lipinski definition) is 6. The van der Waals surface area contributed by atoms with Gasteiger partial charge in [0.25, 0.3) is 5.91 Å². The van der Waals surface area contributed by atoms with Crippen molar-refractivity contribution >= 4 is 40.3 Å². The van der Waals surface area contributed by atoms with Gasteiger partial charge in [0.2, 0.25) is 16.7 Å². The number of fused-ring (bicyclic) bond motifs is 2. The number of para-hydroxylation sites is 2. The summed E-state index contributed by atoms with van der Waals surface area (Å²) in [5, 5.41) is 8.30. The molecule has 2 aromatic rings. The van der Waals surface area contributed by atoms with E-state index in [9.17, 15) is 14.4 Å². The third kappa shape index (κ3) is 3.42. The van der Waals surface area contributed by atoms with Crippen molar-refractivity contribution in [2.75, 3.05) is 11.5 Å². The molecule has 0 saturated carbocycles. The number of benzene rings is 2. The van der Waals surface area contributed by atoms with Crippen molar-refractivity contribution < 1.29 is 19.1 Å². The third-order valence-electron chi connectivity index (χ3n) is 5.32. The van der Waals surface area contributed by atoms with E-state index in [1.807, 2.05) is 56.3 Å². The van der Waals surface area contributed by atoms with Crippen LogP contribution in [0.2, 0.25) is 0 Å². The summed E-state index contributed by atoms with van der Waals surface area (Å²) in [5.41, 5.74) is 3.16. The van der Waals surface area contributed by atoms with Crippen molar-refractivity contribution in [1.82, 2.24) is 10.3 Å². The topological polar surface area (TPSA) is 91.3 Å². The van der Waals surface area contributed by atoms with Crippen LogP contribution < -0.4 is 15.0 Å². The van der Waals surface area contributed by atoms with Crippen molar-refractivity contribution in [2.45, 2.75) is 39.1 Å². The maximum atomic E-state index is 14.0. The van der Waals surface area contributed by atoms with Gasteiger partial charge in [-0.05, 0) is 37.2 Å². The fourth-order valence-electron chi connectivity index (χ4n) is 4.10. The number of nitrogens with zero attached hydrogens (tertiary/aromatic N) is 3. The smallest absolute Gasteiger partial charge is 0.271 e. The first kappa shape index (κ1) is 21.9. The predicted molar refractivity (Wildman–Crippen MR) is 123 cm³/mol. The fraction of sp³-hybridized carbons (Fsp3) is 0.304. The third-order valence-corrected chi connectivity index (χ3v) is 6.56. The Labute approximate surface area is 190 Å². The SMILES string of the molecule is CCOc1ccccc1CN1C(=O)[C@]2(SC(NC(C)=O)=NN2C(C)=O)c2cccc(C)c21. The first-order valence-electron chi connectivity index (χ1n) is 10.3. The van der Waals surface area contributed by atoms with Crippen LogP contribution in [-0.2, 0) is 25.8 Å². The van der Waals surface area contributed by atoms with E-state index in [2.05, 4.69) is 10.4 Å². The lowest BCUT2D eigenvalue weighted by molar-refractivity contribution is -0.139. The summed E-state index contributed by atoms with van der Waals surface area (Å²) in [7, 11) is 0. The summed E-state index contributed by atoms with van der Waals surface area (Å²) in [6, 6.07) is 13.2. The summed E-state index contributed by atoms with van der Waals surface area (Å²) < 4.78 is 5.76. The lowest BCUT2D eigenvalue weighted by atomic mass is 10.0.